The summed E-state index contributed by atoms with van der Waals surface area (Å²) in [6, 6.07) is 0.0927. The van der Waals surface area contributed by atoms with Gasteiger partial charge in [0.1, 0.15) is 6.10 Å². The Labute approximate surface area is 97.0 Å². The molecule has 5 nitrogen and oxygen atoms in total. The van der Waals surface area contributed by atoms with Crippen LogP contribution in [0.2, 0.25) is 0 Å². The minimum absolute atomic E-state index is 0.0362. The summed E-state index contributed by atoms with van der Waals surface area (Å²) in [6.07, 6.45) is -0.187. The fourth-order valence-corrected chi connectivity index (χ4v) is 2.09. The minimum Gasteiger partial charge on any atom is -0.391 e. The Morgan fingerprint density at radius 2 is 2.25 bits per heavy atom. The van der Waals surface area contributed by atoms with E-state index in [9.17, 15) is 9.90 Å². The number of carbonyl (C=O) groups is 1. The summed E-state index contributed by atoms with van der Waals surface area (Å²) < 4.78 is 5.03. The van der Waals surface area contributed by atoms with Gasteiger partial charge in [0.25, 0.3) is 5.91 Å². The van der Waals surface area contributed by atoms with Crippen LogP contribution in [-0.2, 0) is 9.53 Å². The molecule has 94 valence electrons. The molecule has 1 fully saturated rings. The summed E-state index contributed by atoms with van der Waals surface area (Å²) in [7, 11) is 5.45. The lowest BCUT2D eigenvalue weighted by Gasteiger charge is -2.28. The summed E-state index contributed by atoms with van der Waals surface area (Å²) in [4.78, 5) is 15.7. The Balaban J connectivity index is 2.65. The van der Waals surface area contributed by atoms with Crippen molar-refractivity contribution in [3.63, 3.8) is 0 Å². The molecule has 0 radical (unpaired) electrons. The number of carbonyl (C=O) groups excluding carboxylic acids is 1. The first-order valence-electron chi connectivity index (χ1n) is 5.61. The molecule has 0 saturated carbocycles. The van der Waals surface area contributed by atoms with Crippen molar-refractivity contribution < 1.29 is 14.6 Å². The highest BCUT2D eigenvalue weighted by molar-refractivity contribution is 5.81. The molecular formula is C11H22N2O3. The molecule has 1 aliphatic heterocycles. The summed E-state index contributed by atoms with van der Waals surface area (Å²) in [5, 5.41) is 9.63. The van der Waals surface area contributed by atoms with Crippen molar-refractivity contribution in [2.45, 2.75) is 31.6 Å². The second-order valence-corrected chi connectivity index (χ2v) is 4.67. The van der Waals surface area contributed by atoms with E-state index >= 15 is 0 Å². The zero-order valence-electron chi connectivity index (χ0n) is 10.5. The van der Waals surface area contributed by atoms with Gasteiger partial charge in [-0.05, 0) is 27.4 Å². The van der Waals surface area contributed by atoms with Gasteiger partial charge in [-0.2, -0.15) is 0 Å². The van der Waals surface area contributed by atoms with Crippen molar-refractivity contribution in [1.29, 1.82) is 0 Å². The smallest absolute Gasteiger partial charge is 0.251 e. The van der Waals surface area contributed by atoms with Gasteiger partial charge in [0, 0.05) is 26.2 Å². The van der Waals surface area contributed by atoms with Crippen molar-refractivity contribution >= 4 is 5.91 Å². The topological polar surface area (TPSA) is 53.0 Å². The predicted molar refractivity (Wildman–Crippen MR) is 61.1 cm³/mol. The highest BCUT2D eigenvalue weighted by Crippen LogP contribution is 2.19. The molecule has 0 aromatic carbocycles. The molecular weight excluding hydrogens is 208 g/mol. The van der Waals surface area contributed by atoms with Gasteiger partial charge in [-0.15, -0.1) is 0 Å². The fourth-order valence-electron chi connectivity index (χ4n) is 2.09. The molecule has 0 aromatic rings. The Kier molecular flexibility index (Phi) is 4.70. The summed E-state index contributed by atoms with van der Waals surface area (Å²) in [6.45, 7) is 2.93. The van der Waals surface area contributed by atoms with Gasteiger partial charge in [-0.25, -0.2) is 0 Å². The molecule has 16 heavy (non-hydrogen) atoms. The Morgan fingerprint density at radius 3 is 2.75 bits per heavy atom. The zero-order chi connectivity index (χ0) is 12.3. The molecule has 3 unspecified atom stereocenters. The van der Waals surface area contributed by atoms with Gasteiger partial charge in [-0.1, -0.05) is 0 Å². The van der Waals surface area contributed by atoms with Gasteiger partial charge in [-0.3, -0.25) is 4.79 Å². The molecule has 0 bridgehead atoms. The zero-order valence-corrected chi connectivity index (χ0v) is 10.5. The van der Waals surface area contributed by atoms with Gasteiger partial charge < -0.3 is 19.6 Å². The predicted octanol–water partition coefficient (Wildman–Crippen LogP) is -0.455. The van der Waals surface area contributed by atoms with E-state index in [2.05, 4.69) is 0 Å². The highest BCUT2D eigenvalue weighted by Gasteiger charge is 2.36. The van der Waals surface area contributed by atoms with Gasteiger partial charge >= 0.3 is 0 Å². The molecule has 0 spiro atoms. The first kappa shape index (κ1) is 13.4. The quantitative estimate of drug-likeness (QED) is 0.710. The van der Waals surface area contributed by atoms with Crippen LogP contribution in [0.5, 0.6) is 0 Å². The van der Waals surface area contributed by atoms with E-state index in [1.54, 1.807) is 11.8 Å². The lowest BCUT2D eigenvalue weighted by molar-refractivity contribution is -0.142. The van der Waals surface area contributed by atoms with E-state index in [1.165, 1.54) is 7.11 Å². The number of likely N-dealkylation sites (tertiary alicyclic amines) is 1. The van der Waals surface area contributed by atoms with Gasteiger partial charge in [0.05, 0.1) is 6.10 Å². The van der Waals surface area contributed by atoms with Crippen molar-refractivity contribution in [3.8, 4) is 0 Å². The Morgan fingerprint density at radius 1 is 1.62 bits per heavy atom. The number of hydrogen-bond donors (Lipinski definition) is 1. The SMILES string of the molecule is COC(C)C(=O)N1CC(O)CC1CN(C)C. The van der Waals surface area contributed by atoms with Crippen molar-refractivity contribution in [3.05, 3.63) is 0 Å². The third kappa shape index (κ3) is 3.17. The van der Waals surface area contributed by atoms with Gasteiger partial charge in [0.15, 0.2) is 0 Å². The maximum absolute atomic E-state index is 12.0. The maximum Gasteiger partial charge on any atom is 0.251 e. The lowest BCUT2D eigenvalue weighted by Crippen LogP contribution is -2.45. The summed E-state index contributed by atoms with van der Waals surface area (Å²) >= 11 is 0. The van der Waals surface area contributed by atoms with Crippen LogP contribution >= 0.6 is 0 Å². The van der Waals surface area contributed by atoms with E-state index in [0.29, 0.717) is 13.0 Å². The first-order valence-corrected chi connectivity index (χ1v) is 5.61. The minimum atomic E-state index is -0.435. The molecule has 0 aliphatic carbocycles. The lowest BCUT2D eigenvalue weighted by atomic mass is 10.2. The maximum atomic E-state index is 12.0. The number of aliphatic hydroxyl groups excluding tert-OH is 1. The van der Waals surface area contributed by atoms with Crippen LogP contribution < -0.4 is 0 Å². The molecule has 1 rings (SSSR count). The van der Waals surface area contributed by atoms with Crippen molar-refractivity contribution in [2.75, 3.05) is 34.3 Å². The average Bonchev–Trinajstić information content (AvgIpc) is 2.56. The Bertz CT molecular complexity index is 245. The normalized spacial score (nSPS) is 27.5. The van der Waals surface area contributed by atoms with Crippen LogP contribution in [0.1, 0.15) is 13.3 Å². The van der Waals surface area contributed by atoms with Gasteiger partial charge in [0.2, 0.25) is 0 Å². The number of likely N-dealkylation sites (N-methyl/N-ethyl adjacent to an activating group) is 1. The van der Waals surface area contributed by atoms with Crippen LogP contribution in [-0.4, -0.2) is 73.4 Å². The van der Waals surface area contributed by atoms with Crippen LogP contribution in [0, 0.1) is 0 Å². The van der Waals surface area contributed by atoms with E-state index in [-0.39, 0.29) is 11.9 Å². The van der Waals surface area contributed by atoms with Crippen LogP contribution in [0.15, 0.2) is 0 Å². The number of amides is 1. The molecule has 1 heterocycles. The number of aliphatic hydroxyl groups is 1. The number of nitrogens with zero attached hydrogens (tertiary/aromatic N) is 2. The summed E-state index contributed by atoms with van der Waals surface area (Å²) in [5.74, 6) is -0.0362. The molecule has 5 heteroatoms. The van der Waals surface area contributed by atoms with Crippen LogP contribution in [0.25, 0.3) is 0 Å². The number of methoxy groups -OCH3 is 1. The van der Waals surface area contributed by atoms with Crippen LogP contribution in [0.3, 0.4) is 0 Å². The largest absolute Gasteiger partial charge is 0.391 e. The van der Waals surface area contributed by atoms with E-state index < -0.39 is 12.2 Å². The van der Waals surface area contributed by atoms with Crippen molar-refractivity contribution in [2.24, 2.45) is 0 Å². The van der Waals surface area contributed by atoms with E-state index in [0.717, 1.165) is 6.54 Å². The molecule has 0 aromatic heterocycles. The summed E-state index contributed by atoms with van der Waals surface area (Å²) in [5.41, 5.74) is 0. The van der Waals surface area contributed by atoms with E-state index in [1.807, 2.05) is 19.0 Å². The van der Waals surface area contributed by atoms with Crippen molar-refractivity contribution in [1.82, 2.24) is 9.80 Å². The molecule has 1 N–H and O–H groups in total. The fraction of sp³-hybridized carbons (Fsp3) is 0.909. The highest BCUT2D eigenvalue weighted by atomic mass is 16.5. The molecule has 1 aliphatic rings. The number of β-amino-alcohol motifs (C(OH)–C–C–N with tert-alkyl or cyclic N) is 1. The first-order chi connectivity index (χ1) is 7.45. The third-order valence-electron chi connectivity index (χ3n) is 2.95. The van der Waals surface area contributed by atoms with Crippen LogP contribution in [0.4, 0.5) is 0 Å². The standard InChI is InChI=1S/C11H22N2O3/c1-8(16-4)11(15)13-7-10(14)5-9(13)6-12(2)3/h8-10,14H,5-7H2,1-4H3. The molecule has 3 atom stereocenters. The molecule has 1 amide bonds. The molecule has 1 saturated heterocycles. The van der Waals surface area contributed by atoms with E-state index in [4.69, 9.17) is 4.74 Å². The monoisotopic (exact) mass is 230 g/mol. The second-order valence-electron chi connectivity index (χ2n) is 4.67. The number of hydrogen-bond acceptors (Lipinski definition) is 4. The Hall–Kier alpha value is -0.650. The average molecular weight is 230 g/mol. The second kappa shape index (κ2) is 5.61. The third-order valence-corrected chi connectivity index (χ3v) is 2.95. The number of ether oxygens (including phenoxy) is 1. The number of rotatable bonds is 4.